The molecule has 2 fully saturated rings. The van der Waals surface area contributed by atoms with Crippen molar-refractivity contribution in [3.05, 3.63) is 59.7 Å². The van der Waals surface area contributed by atoms with Gasteiger partial charge in [0.15, 0.2) is 23.0 Å². The van der Waals surface area contributed by atoms with Gasteiger partial charge in [-0.05, 0) is 112 Å². The van der Waals surface area contributed by atoms with E-state index in [-0.39, 0.29) is 28.6 Å². The fourth-order valence-corrected chi connectivity index (χ4v) is 8.86. The van der Waals surface area contributed by atoms with Crippen LogP contribution in [0.25, 0.3) is 21.5 Å². The van der Waals surface area contributed by atoms with Gasteiger partial charge in [-0.1, -0.05) is 48.5 Å². The van der Waals surface area contributed by atoms with Crippen LogP contribution in [-0.4, -0.2) is 81.3 Å². The minimum Gasteiger partial charge on any atom is -0.487 e. The van der Waals surface area contributed by atoms with E-state index in [0.29, 0.717) is 79.4 Å². The molecule has 8 rings (SSSR count). The molecule has 4 aliphatic rings. The number of fused-ring (bicyclic) bond motifs is 6. The van der Waals surface area contributed by atoms with E-state index in [9.17, 15) is 24.0 Å². The monoisotopic (exact) mass is 900 g/mol. The van der Waals surface area contributed by atoms with Gasteiger partial charge in [0.2, 0.25) is 0 Å². The largest absolute Gasteiger partial charge is 0.487 e. The second-order valence-corrected chi connectivity index (χ2v) is 19.3. The average Bonchev–Trinajstić information content (AvgIpc) is 3.89. The zero-order chi connectivity index (χ0) is 46.3. The topological polar surface area (TPSA) is 156 Å². The second-order valence-electron chi connectivity index (χ2n) is 18.9. The van der Waals surface area contributed by atoms with Crippen LogP contribution >= 0.6 is 11.8 Å². The summed E-state index contributed by atoms with van der Waals surface area (Å²) in [6, 6.07) is 13.6. The Bertz CT molecular complexity index is 2510. The van der Waals surface area contributed by atoms with Crippen LogP contribution in [0.1, 0.15) is 112 Å². The molecule has 4 aliphatic heterocycles. The van der Waals surface area contributed by atoms with Crippen LogP contribution in [0.2, 0.25) is 0 Å². The summed E-state index contributed by atoms with van der Waals surface area (Å²) in [6.07, 6.45) is 4.66. The number of benzene rings is 4. The Labute approximate surface area is 378 Å². The molecule has 0 spiro atoms. The van der Waals surface area contributed by atoms with Crippen LogP contribution in [0, 0.1) is 0 Å². The zero-order valence-electron chi connectivity index (χ0n) is 38.0. The molecule has 0 aliphatic carbocycles. The third-order valence-electron chi connectivity index (χ3n) is 11.6. The van der Waals surface area contributed by atoms with E-state index in [1.165, 1.54) is 23.2 Å². The Morgan fingerprint density at radius 3 is 1.47 bits per heavy atom. The molecular weight excluding hydrogens is 844 g/mol. The van der Waals surface area contributed by atoms with E-state index in [1.54, 1.807) is 26.8 Å². The molecule has 2 atom stereocenters. The van der Waals surface area contributed by atoms with Gasteiger partial charge >= 0.3 is 30.0 Å². The summed E-state index contributed by atoms with van der Waals surface area (Å²) in [5.41, 5.74) is -0.0172. The van der Waals surface area contributed by atoms with Gasteiger partial charge in [-0.15, -0.1) is 0 Å². The number of likely N-dealkylation sites (tertiary alicyclic amines) is 1. The molecule has 0 saturated carbocycles. The van der Waals surface area contributed by atoms with E-state index in [4.69, 9.17) is 44.9 Å². The molecule has 0 bridgehead atoms. The predicted octanol–water partition coefficient (Wildman–Crippen LogP) is 9.57. The normalized spacial score (nSPS) is 19.8. The van der Waals surface area contributed by atoms with Crippen molar-refractivity contribution >= 4 is 63.3 Å². The number of hydrogen-bond acceptors (Lipinski definition) is 13. The lowest BCUT2D eigenvalue weighted by Gasteiger charge is -2.35. The first kappa shape index (κ1) is 46.4. The number of esters is 4. The minimum atomic E-state index is -0.793. The first-order chi connectivity index (χ1) is 30.1. The van der Waals surface area contributed by atoms with Crippen LogP contribution in [0.3, 0.4) is 0 Å². The van der Waals surface area contributed by atoms with Gasteiger partial charge in [0.1, 0.15) is 40.4 Å². The number of carbonyl (C=O) groups excluding carboxylic acids is 5. The van der Waals surface area contributed by atoms with Crippen molar-refractivity contribution in [1.82, 2.24) is 9.32 Å². The Balaban J connectivity index is 0.000000195. The molecule has 64 heavy (non-hydrogen) atoms. The molecule has 0 aromatic heterocycles. The van der Waals surface area contributed by atoms with E-state index < -0.39 is 53.3 Å². The lowest BCUT2D eigenvalue weighted by Crippen LogP contribution is -2.45. The summed E-state index contributed by atoms with van der Waals surface area (Å²) in [6.45, 7) is 17.1. The smallest absolute Gasteiger partial charge is 0.411 e. The highest BCUT2D eigenvalue weighted by Crippen LogP contribution is 2.52. The quantitative estimate of drug-likeness (QED) is 0.103. The van der Waals surface area contributed by atoms with E-state index in [0.717, 1.165) is 29.2 Å². The van der Waals surface area contributed by atoms with Crippen molar-refractivity contribution in [2.24, 2.45) is 0 Å². The molecular formula is C49H57ClN2O12. The molecule has 4 heterocycles. The lowest BCUT2D eigenvalue weighted by atomic mass is 9.91. The van der Waals surface area contributed by atoms with Crippen molar-refractivity contribution in [2.75, 3.05) is 13.1 Å². The minimum absolute atomic E-state index is 0.172. The highest BCUT2D eigenvalue weighted by molar-refractivity contribution is 6.15. The van der Waals surface area contributed by atoms with Crippen molar-refractivity contribution in [3.8, 4) is 34.5 Å². The number of halogens is 1. The second kappa shape index (κ2) is 18.1. The van der Waals surface area contributed by atoms with Gasteiger partial charge in [-0.2, -0.15) is 0 Å². The maximum absolute atomic E-state index is 13.4. The third kappa shape index (κ3) is 10.0. The maximum atomic E-state index is 13.4. The summed E-state index contributed by atoms with van der Waals surface area (Å²) >= 11 is 6.16. The zero-order valence-corrected chi connectivity index (χ0v) is 38.8. The maximum Gasteiger partial charge on any atom is 0.411 e. The van der Waals surface area contributed by atoms with Crippen LogP contribution in [0.15, 0.2) is 48.5 Å². The summed E-state index contributed by atoms with van der Waals surface area (Å²) in [7, 11) is 0. The molecule has 2 saturated heterocycles. The fraction of sp³-hybridized carbons (Fsp3) is 0.490. The van der Waals surface area contributed by atoms with Crippen molar-refractivity contribution in [3.63, 3.8) is 0 Å². The lowest BCUT2D eigenvalue weighted by molar-refractivity contribution is -0.140. The SMILES string of the molecule is CC(=O)Oc1c(OC(=O)C2CCCN2C(=O)OC(C)(C)C)c2c(c3ccccc13)OC(C)(C)CC2.CC(=O)Oc1c(OC(=O)C2CCCN2Cl)c2c(c3ccccc13)OC(C)(C)CC2. The van der Waals surface area contributed by atoms with E-state index in [1.807, 2.05) is 70.2 Å². The van der Waals surface area contributed by atoms with Crippen LogP contribution < -0.4 is 28.4 Å². The van der Waals surface area contributed by atoms with Gasteiger partial charge in [0.05, 0.1) is 0 Å². The molecule has 342 valence electrons. The van der Waals surface area contributed by atoms with Crippen LogP contribution in [0.4, 0.5) is 4.79 Å². The van der Waals surface area contributed by atoms with E-state index in [2.05, 4.69) is 0 Å². The standard InChI is InChI=1S/C27H33NO7.C22H24ClNO5/c1-16(29)32-22-18-11-8-7-10-17(18)21-19(13-14-27(5,6)34-21)23(22)33-24(30)20-12-9-15-28(20)25(31)35-26(2,3)4;1-13(25)27-19-15-8-5-4-7-14(15)18-16(10-11-22(2,3)29-18)20(19)28-21(26)17-9-6-12-24(17)23/h7-8,10-11,20H,9,12-15H2,1-6H3;4-5,7-8,17H,6,9-12H2,1-3H3. The van der Waals surface area contributed by atoms with E-state index >= 15 is 0 Å². The van der Waals surface area contributed by atoms with Crippen molar-refractivity contribution in [1.29, 1.82) is 0 Å². The average molecular weight is 901 g/mol. The van der Waals surface area contributed by atoms with Crippen molar-refractivity contribution < 1.29 is 57.1 Å². The summed E-state index contributed by atoms with van der Waals surface area (Å²) in [5.74, 6) is 0.0997. The molecule has 4 aromatic rings. The van der Waals surface area contributed by atoms with Gasteiger partial charge in [0, 0.05) is 59.6 Å². The summed E-state index contributed by atoms with van der Waals surface area (Å²) in [4.78, 5) is 64.3. The van der Waals surface area contributed by atoms with Gasteiger partial charge < -0.3 is 33.2 Å². The molecule has 14 nitrogen and oxygen atoms in total. The Hall–Kier alpha value is -5.60. The molecule has 2 unspecified atom stereocenters. The number of amides is 1. The fourth-order valence-electron chi connectivity index (χ4n) is 8.56. The molecule has 0 radical (unpaired) electrons. The predicted molar refractivity (Wildman–Crippen MR) is 239 cm³/mol. The first-order valence-electron chi connectivity index (χ1n) is 21.9. The molecule has 0 N–H and O–H groups in total. The molecule has 15 heteroatoms. The Morgan fingerprint density at radius 2 is 1.05 bits per heavy atom. The summed E-state index contributed by atoms with van der Waals surface area (Å²) in [5, 5.41) is 2.88. The first-order valence-corrected chi connectivity index (χ1v) is 22.2. The highest BCUT2D eigenvalue weighted by Gasteiger charge is 2.41. The van der Waals surface area contributed by atoms with Gasteiger partial charge in [0.25, 0.3) is 0 Å². The highest BCUT2D eigenvalue weighted by atomic mass is 35.5. The number of nitrogens with zero attached hydrogens (tertiary/aromatic N) is 2. The Morgan fingerprint density at radius 1 is 0.625 bits per heavy atom. The van der Waals surface area contributed by atoms with Gasteiger partial charge in [-0.3, -0.25) is 14.5 Å². The van der Waals surface area contributed by atoms with Crippen LogP contribution in [-0.2, 0) is 36.8 Å². The number of hydrogen-bond donors (Lipinski definition) is 0. The van der Waals surface area contributed by atoms with Crippen molar-refractivity contribution in [2.45, 2.75) is 143 Å². The molecule has 1 amide bonds. The summed E-state index contributed by atoms with van der Waals surface area (Å²) < 4.78 is 42.6. The Kier molecular flexibility index (Phi) is 13.1. The van der Waals surface area contributed by atoms with Crippen LogP contribution in [0.5, 0.6) is 34.5 Å². The number of rotatable bonds is 6. The number of carbonyl (C=O) groups is 5. The third-order valence-corrected chi connectivity index (χ3v) is 12.0. The van der Waals surface area contributed by atoms with Gasteiger partial charge in [-0.25, -0.2) is 18.8 Å². The molecule has 4 aromatic carbocycles. The number of ether oxygens (including phenoxy) is 7.